The summed E-state index contributed by atoms with van der Waals surface area (Å²) in [4.78, 5) is 7.36. The van der Waals surface area contributed by atoms with Crippen molar-refractivity contribution in [2.75, 3.05) is 12.3 Å². The minimum atomic E-state index is 0.594. The van der Waals surface area contributed by atoms with Gasteiger partial charge >= 0.3 is 0 Å². The molecule has 0 fully saturated rings. The Kier molecular flexibility index (Phi) is 3.10. The van der Waals surface area contributed by atoms with Crippen LogP contribution in [0.25, 0.3) is 0 Å². The highest BCUT2D eigenvalue weighted by molar-refractivity contribution is 5.43. The number of nitrogen functional groups attached to an aromatic ring is 1. The number of hydrogen-bond donors (Lipinski definition) is 2. The fourth-order valence-corrected chi connectivity index (χ4v) is 1.46. The van der Waals surface area contributed by atoms with E-state index in [2.05, 4.69) is 9.97 Å². The molecule has 0 aliphatic carbocycles. The molecule has 84 valence electrons. The van der Waals surface area contributed by atoms with E-state index in [1.165, 1.54) is 0 Å². The number of aromatic amines is 1. The molecule has 0 saturated carbocycles. The summed E-state index contributed by atoms with van der Waals surface area (Å²) in [5.74, 6) is 1.74. The first-order valence-corrected chi connectivity index (χ1v) is 5.23. The van der Waals surface area contributed by atoms with E-state index in [4.69, 9.17) is 10.5 Å². The minimum Gasteiger partial charge on any atom is -0.493 e. The van der Waals surface area contributed by atoms with Gasteiger partial charge in [-0.3, -0.25) is 0 Å². The molecule has 0 bridgehead atoms. The molecule has 0 spiro atoms. The van der Waals surface area contributed by atoms with Gasteiger partial charge in [-0.15, -0.1) is 0 Å². The van der Waals surface area contributed by atoms with Crippen LogP contribution in [-0.2, 0) is 6.42 Å². The highest BCUT2D eigenvalue weighted by Gasteiger charge is 1.98. The van der Waals surface area contributed by atoms with Crippen LogP contribution in [0.1, 0.15) is 11.5 Å². The van der Waals surface area contributed by atoms with E-state index in [1.54, 1.807) is 0 Å². The van der Waals surface area contributed by atoms with Crippen molar-refractivity contribution in [1.29, 1.82) is 0 Å². The summed E-state index contributed by atoms with van der Waals surface area (Å²) in [5.41, 5.74) is 7.43. The highest BCUT2D eigenvalue weighted by atomic mass is 16.5. The average Bonchev–Trinajstić information content (AvgIpc) is 2.64. The van der Waals surface area contributed by atoms with Crippen LogP contribution < -0.4 is 10.5 Å². The first-order valence-electron chi connectivity index (χ1n) is 5.23. The smallest absolute Gasteiger partial charge is 0.121 e. The summed E-state index contributed by atoms with van der Waals surface area (Å²) in [5, 5.41) is 0. The van der Waals surface area contributed by atoms with Gasteiger partial charge in [0, 0.05) is 30.1 Å². The zero-order valence-electron chi connectivity index (χ0n) is 9.23. The van der Waals surface area contributed by atoms with Crippen LogP contribution in [0.15, 0.2) is 30.5 Å². The van der Waals surface area contributed by atoms with Gasteiger partial charge in [0.15, 0.2) is 0 Å². The molecule has 4 heteroatoms. The van der Waals surface area contributed by atoms with E-state index in [-0.39, 0.29) is 0 Å². The van der Waals surface area contributed by atoms with Crippen molar-refractivity contribution in [1.82, 2.24) is 9.97 Å². The molecule has 0 unspecified atom stereocenters. The summed E-state index contributed by atoms with van der Waals surface area (Å²) in [6, 6.07) is 7.42. The topological polar surface area (TPSA) is 63.9 Å². The molecule has 3 N–H and O–H groups in total. The predicted molar refractivity (Wildman–Crippen MR) is 63.4 cm³/mol. The van der Waals surface area contributed by atoms with E-state index in [1.807, 2.05) is 37.4 Å². The standard InChI is InChI=1S/C12H15N3O/c1-9-8-14-12(15-9)5-6-16-11-4-2-3-10(13)7-11/h2-4,7-8H,5-6,13H2,1H3,(H,14,15). The number of nitrogens with one attached hydrogen (secondary N) is 1. The van der Waals surface area contributed by atoms with Crippen LogP contribution in [-0.4, -0.2) is 16.6 Å². The number of nitrogens with zero attached hydrogens (tertiary/aromatic N) is 1. The highest BCUT2D eigenvalue weighted by Crippen LogP contribution is 2.14. The van der Waals surface area contributed by atoms with Crippen molar-refractivity contribution in [2.45, 2.75) is 13.3 Å². The lowest BCUT2D eigenvalue weighted by Crippen LogP contribution is -2.03. The van der Waals surface area contributed by atoms with E-state index in [0.717, 1.165) is 23.7 Å². The molecule has 0 aliphatic heterocycles. The fraction of sp³-hybridized carbons (Fsp3) is 0.250. The second-order valence-electron chi connectivity index (χ2n) is 3.68. The first kappa shape index (κ1) is 10.5. The Bertz CT molecular complexity index is 465. The Labute approximate surface area is 94.5 Å². The summed E-state index contributed by atoms with van der Waals surface area (Å²) in [6.45, 7) is 2.58. The van der Waals surface area contributed by atoms with Crippen LogP contribution in [0.3, 0.4) is 0 Å². The van der Waals surface area contributed by atoms with Crippen LogP contribution in [0.2, 0.25) is 0 Å². The quantitative estimate of drug-likeness (QED) is 0.769. The Hall–Kier alpha value is -1.97. The third-order valence-electron chi connectivity index (χ3n) is 2.22. The van der Waals surface area contributed by atoms with Crippen molar-refractivity contribution >= 4 is 5.69 Å². The summed E-state index contributed by atoms with van der Waals surface area (Å²) in [7, 11) is 0. The van der Waals surface area contributed by atoms with Gasteiger partial charge in [-0.1, -0.05) is 6.07 Å². The molecule has 0 atom stereocenters. The number of nitrogens with two attached hydrogens (primary N) is 1. The van der Waals surface area contributed by atoms with Gasteiger partial charge in [0.25, 0.3) is 0 Å². The second kappa shape index (κ2) is 4.70. The second-order valence-corrected chi connectivity index (χ2v) is 3.68. The van der Waals surface area contributed by atoms with Crippen molar-refractivity contribution in [2.24, 2.45) is 0 Å². The molecule has 2 rings (SSSR count). The Morgan fingerprint density at radius 1 is 1.44 bits per heavy atom. The van der Waals surface area contributed by atoms with Gasteiger partial charge in [-0.2, -0.15) is 0 Å². The molecule has 1 heterocycles. The SMILES string of the molecule is Cc1cnc(CCOc2cccc(N)c2)[nH]1. The van der Waals surface area contributed by atoms with Crippen molar-refractivity contribution in [3.05, 3.63) is 42.0 Å². The number of imidazole rings is 1. The van der Waals surface area contributed by atoms with Crippen molar-refractivity contribution < 1.29 is 4.74 Å². The number of rotatable bonds is 4. The van der Waals surface area contributed by atoms with Gasteiger partial charge < -0.3 is 15.5 Å². The van der Waals surface area contributed by atoms with Crippen LogP contribution in [0, 0.1) is 6.92 Å². The van der Waals surface area contributed by atoms with Gasteiger partial charge in [-0.05, 0) is 19.1 Å². The zero-order valence-corrected chi connectivity index (χ0v) is 9.23. The Morgan fingerprint density at radius 2 is 2.31 bits per heavy atom. The van der Waals surface area contributed by atoms with Crippen LogP contribution in [0.5, 0.6) is 5.75 Å². The predicted octanol–water partition coefficient (Wildman–Crippen LogP) is 1.92. The molecule has 1 aromatic carbocycles. The average molecular weight is 217 g/mol. The largest absolute Gasteiger partial charge is 0.493 e. The summed E-state index contributed by atoms with van der Waals surface area (Å²) >= 11 is 0. The number of benzene rings is 1. The monoisotopic (exact) mass is 217 g/mol. The van der Waals surface area contributed by atoms with E-state index < -0.39 is 0 Å². The number of aryl methyl sites for hydroxylation is 1. The zero-order chi connectivity index (χ0) is 11.4. The molecule has 0 aliphatic rings. The summed E-state index contributed by atoms with van der Waals surface area (Å²) < 4.78 is 5.56. The van der Waals surface area contributed by atoms with E-state index >= 15 is 0 Å². The number of hydrogen-bond acceptors (Lipinski definition) is 3. The van der Waals surface area contributed by atoms with Crippen LogP contribution in [0.4, 0.5) is 5.69 Å². The molecule has 2 aromatic rings. The van der Waals surface area contributed by atoms with Gasteiger partial charge in [0.1, 0.15) is 11.6 Å². The molecular formula is C12H15N3O. The van der Waals surface area contributed by atoms with E-state index in [0.29, 0.717) is 12.3 Å². The maximum Gasteiger partial charge on any atom is 0.121 e. The fourth-order valence-electron chi connectivity index (χ4n) is 1.46. The number of H-pyrrole nitrogens is 1. The number of anilines is 1. The molecule has 16 heavy (non-hydrogen) atoms. The molecule has 0 saturated heterocycles. The normalized spacial score (nSPS) is 10.3. The van der Waals surface area contributed by atoms with Crippen LogP contribution >= 0.6 is 0 Å². The maximum atomic E-state index is 5.65. The number of ether oxygens (including phenoxy) is 1. The maximum absolute atomic E-state index is 5.65. The number of aromatic nitrogens is 2. The third kappa shape index (κ3) is 2.76. The van der Waals surface area contributed by atoms with Gasteiger partial charge in [0.05, 0.1) is 6.61 Å². The third-order valence-corrected chi connectivity index (χ3v) is 2.22. The molecule has 4 nitrogen and oxygen atoms in total. The molecule has 1 aromatic heterocycles. The molecule has 0 amide bonds. The Balaban J connectivity index is 1.84. The van der Waals surface area contributed by atoms with Gasteiger partial charge in [-0.25, -0.2) is 4.98 Å². The lowest BCUT2D eigenvalue weighted by molar-refractivity contribution is 0.319. The molecule has 0 radical (unpaired) electrons. The van der Waals surface area contributed by atoms with Gasteiger partial charge in [0.2, 0.25) is 0 Å². The van der Waals surface area contributed by atoms with E-state index in [9.17, 15) is 0 Å². The first-order chi connectivity index (χ1) is 7.74. The van der Waals surface area contributed by atoms with Crippen molar-refractivity contribution in [3.8, 4) is 5.75 Å². The lowest BCUT2D eigenvalue weighted by atomic mass is 10.3. The lowest BCUT2D eigenvalue weighted by Gasteiger charge is -2.05. The Morgan fingerprint density at radius 3 is 3.00 bits per heavy atom. The van der Waals surface area contributed by atoms with Crippen molar-refractivity contribution in [3.63, 3.8) is 0 Å². The minimum absolute atomic E-state index is 0.594. The summed E-state index contributed by atoms with van der Waals surface area (Å²) in [6.07, 6.45) is 2.58. The molecular weight excluding hydrogens is 202 g/mol.